The van der Waals surface area contributed by atoms with Crippen LogP contribution < -0.4 is 0 Å². The van der Waals surface area contributed by atoms with Gasteiger partial charge in [-0.2, -0.15) is 0 Å². The van der Waals surface area contributed by atoms with E-state index in [2.05, 4.69) is 133 Å². The molecule has 10 rings (SSSR count). The van der Waals surface area contributed by atoms with Gasteiger partial charge < -0.3 is 4.42 Å². The van der Waals surface area contributed by atoms with Crippen molar-refractivity contribution >= 4 is 43.5 Å². The minimum Gasteiger partial charge on any atom is -0.456 e. The highest BCUT2D eigenvalue weighted by Crippen LogP contribution is 2.39. The number of rotatable bonds is 5. The summed E-state index contributed by atoms with van der Waals surface area (Å²) >= 11 is 0. The predicted molar refractivity (Wildman–Crippen MR) is 209 cm³/mol. The molecule has 2 heterocycles. The van der Waals surface area contributed by atoms with Gasteiger partial charge in [0.15, 0.2) is 17.5 Å². The second-order valence-corrected chi connectivity index (χ2v) is 12.8. The Bertz CT molecular complexity index is 2900. The van der Waals surface area contributed by atoms with Gasteiger partial charge in [0.25, 0.3) is 0 Å². The topological polar surface area (TPSA) is 51.8 Å². The first kappa shape index (κ1) is 29.0. The minimum absolute atomic E-state index is 0.605. The van der Waals surface area contributed by atoms with Crippen LogP contribution in [0.5, 0.6) is 0 Å². The number of benzene rings is 8. The minimum atomic E-state index is 0.605. The SMILES string of the molecule is c1ccc(-c2nc(-c3cccc4ccccc34)nc(-c3cccc4oc5cc(-c6ccc(-c7ccc8ccccc8c7)cc6)ccc5c34)n2)cc1. The van der Waals surface area contributed by atoms with Crippen molar-refractivity contribution < 1.29 is 4.42 Å². The van der Waals surface area contributed by atoms with E-state index in [-0.39, 0.29) is 0 Å². The molecule has 0 radical (unpaired) electrons. The fourth-order valence-corrected chi connectivity index (χ4v) is 7.17. The van der Waals surface area contributed by atoms with Gasteiger partial charge in [0.05, 0.1) is 0 Å². The molecule has 0 saturated heterocycles. The Morgan fingerprint density at radius 1 is 0.314 bits per heavy atom. The van der Waals surface area contributed by atoms with Gasteiger partial charge in [0.1, 0.15) is 11.2 Å². The van der Waals surface area contributed by atoms with Crippen molar-refractivity contribution in [2.24, 2.45) is 0 Å². The predicted octanol–water partition coefficient (Wildman–Crippen LogP) is 12.4. The summed E-state index contributed by atoms with van der Waals surface area (Å²) in [5.74, 6) is 1.87. The van der Waals surface area contributed by atoms with Crippen molar-refractivity contribution in [3.8, 4) is 56.4 Å². The molecule has 0 aliphatic heterocycles. The second-order valence-electron chi connectivity index (χ2n) is 12.8. The third kappa shape index (κ3) is 5.13. The lowest BCUT2D eigenvalue weighted by Gasteiger charge is -2.11. The quantitative estimate of drug-likeness (QED) is 0.186. The zero-order chi connectivity index (χ0) is 33.7. The molecule has 0 spiro atoms. The van der Waals surface area contributed by atoms with Crippen LogP contribution in [0.1, 0.15) is 0 Å². The summed E-state index contributed by atoms with van der Waals surface area (Å²) in [4.78, 5) is 15.2. The molecule has 4 heteroatoms. The summed E-state index contributed by atoms with van der Waals surface area (Å²) in [5.41, 5.74) is 9.04. The fourth-order valence-electron chi connectivity index (χ4n) is 7.17. The average molecular weight is 652 g/mol. The summed E-state index contributed by atoms with van der Waals surface area (Å²) in [6.07, 6.45) is 0. The van der Waals surface area contributed by atoms with Gasteiger partial charge in [-0.1, -0.05) is 152 Å². The zero-order valence-electron chi connectivity index (χ0n) is 27.5. The van der Waals surface area contributed by atoms with E-state index in [0.717, 1.165) is 60.5 Å². The second kappa shape index (κ2) is 11.9. The number of furan rings is 1. The molecular weight excluding hydrogens is 623 g/mol. The Balaban J connectivity index is 1.08. The molecule has 0 amide bonds. The molecular formula is C47H29N3O. The summed E-state index contributed by atoms with van der Waals surface area (Å²) in [7, 11) is 0. The molecule has 10 aromatic rings. The van der Waals surface area contributed by atoms with Gasteiger partial charge >= 0.3 is 0 Å². The summed E-state index contributed by atoms with van der Waals surface area (Å²) in [5, 5.41) is 6.73. The van der Waals surface area contributed by atoms with E-state index in [4.69, 9.17) is 19.4 Å². The van der Waals surface area contributed by atoms with Crippen LogP contribution in [-0.4, -0.2) is 15.0 Å². The molecule has 0 N–H and O–H groups in total. The molecule has 0 atom stereocenters. The lowest BCUT2D eigenvalue weighted by atomic mass is 9.97. The molecule has 0 saturated carbocycles. The largest absolute Gasteiger partial charge is 0.456 e. The van der Waals surface area contributed by atoms with Crippen LogP contribution in [0.25, 0.3) is 99.9 Å². The highest BCUT2D eigenvalue weighted by atomic mass is 16.3. The first-order chi connectivity index (χ1) is 25.2. The maximum absolute atomic E-state index is 6.53. The molecule has 238 valence electrons. The van der Waals surface area contributed by atoms with Crippen molar-refractivity contribution in [1.29, 1.82) is 0 Å². The Kier molecular flexibility index (Phi) is 6.78. The van der Waals surface area contributed by atoms with Crippen molar-refractivity contribution in [2.45, 2.75) is 0 Å². The summed E-state index contributed by atoms with van der Waals surface area (Å²) in [6.45, 7) is 0. The van der Waals surface area contributed by atoms with Crippen LogP contribution in [0, 0.1) is 0 Å². The van der Waals surface area contributed by atoms with Crippen LogP contribution in [-0.2, 0) is 0 Å². The molecule has 2 aromatic heterocycles. The van der Waals surface area contributed by atoms with Crippen LogP contribution in [0.4, 0.5) is 0 Å². The third-order valence-electron chi connectivity index (χ3n) is 9.74. The van der Waals surface area contributed by atoms with Crippen molar-refractivity contribution in [3.05, 3.63) is 176 Å². The molecule has 4 nitrogen and oxygen atoms in total. The highest BCUT2D eigenvalue weighted by Gasteiger charge is 2.19. The van der Waals surface area contributed by atoms with E-state index in [1.165, 1.54) is 21.9 Å². The van der Waals surface area contributed by atoms with E-state index in [1.807, 2.05) is 42.5 Å². The molecule has 0 aliphatic rings. The molecule has 0 fully saturated rings. The third-order valence-corrected chi connectivity index (χ3v) is 9.74. The first-order valence-electron chi connectivity index (χ1n) is 17.1. The maximum atomic E-state index is 6.53. The zero-order valence-corrected chi connectivity index (χ0v) is 27.5. The van der Waals surface area contributed by atoms with Crippen molar-refractivity contribution in [2.75, 3.05) is 0 Å². The van der Waals surface area contributed by atoms with E-state index in [9.17, 15) is 0 Å². The number of fused-ring (bicyclic) bond motifs is 5. The average Bonchev–Trinajstić information content (AvgIpc) is 3.59. The van der Waals surface area contributed by atoms with Crippen LogP contribution >= 0.6 is 0 Å². The fraction of sp³-hybridized carbons (Fsp3) is 0. The van der Waals surface area contributed by atoms with Crippen LogP contribution in [0.2, 0.25) is 0 Å². The van der Waals surface area contributed by atoms with Gasteiger partial charge in [0, 0.05) is 27.5 Å². The molecule has 0 aliphatic carbocycles. The first-order valence-corrected chi connectivity index (χ1v) is 17.1. The van der Waals surface area contributed by atoms with Crippen molar-refractivity contribution in [3.63, 3.8) is 0 Å². The smallest absolute Gasteiger partial charge is 0.164 e. The molecule has 51 heavy (non-hydrogen) atoms. The van der Waals surface area contributed by atoms with E-state index >= 15 is 0 Å². The summed E-state index contributed by atoms with van der Waals surface area (Å²) < 4.78 is 6.53. The Hall–Kier alpha value is -6.91. The standard InChI is InChI=1S/C47H29N3O/c1-2-12-34(13-3-1)45-48-46(39-17-8-15-33-11-6-7-16-38(33)39)50-47(49-45)41-18-9-19-42-44(41)40-27-26-37(29-43(40)51-42)32-22-20-31(21-23-32)36-25-24-30-10-4-5-14-35(30)28-36/h1-29H. The summed E-state index contributed by atoms with van der Waals surface area (Å²) in [6, 6.07) is 61.1. The number of hydrogen-bond acceptors (Lipinski definition) is 4. The maximum Gasteiger partial charge on any atom is 0.164 e. The van der Waals surface area contributed by atoms with Gasteiger partial charge in [-0.15, -0.1) is 0 Å². The molecule has 8 aromatic carbocycles. The van der Waals surface area contributed by atoms with Gasteiger partial charge in [-0.25, -0.2) is 15.0 Å². The van der Waals surface area contributed by atoms with Crippen LogP contribution in [0.15, 0.2) is 180 Å². The van der Waals surface area contributed by atoms with E-state index in [0.29, 0.717) is 17.5 Å². The number of aromatic nitrogens is 3. The lowest BCUT2D eigenvalue weighted by molar-refractivity contribution is 0.669. The van der Waals surface area contributed by atoms with Gasteiger partial charge in [-0.3, -0.25) is 0 Å². The Morgan fingerprint density at radius 2 is 0.902 bits per heavy atom. The highest BCUT2D eigenvalue weighted by molar-refractivity contribution is 6.12. The monoisotopic (exact) mass is 651 g/mol. The Labute approximate surface area is 294 Å². The number of hydrogen-bond donors (Lipinski definition) is 0. The number of nitrogens with zero attached hydrogens (tertiary/aromatic N) is 3. The van der Waals surface area contributed by atoms with Gasteiger partial charge in [-0.05, 0) is 68.1 Å². The van der Waals surface area contributed by atoms with Crippen molar-refractivity contribution in [1.82, 2.24) is 15.0 Å². The Morgan fingerprint density at radius 3 is 1.73 bits per heavy atom. The van der Waals surface area contributed by atoms with E-state index in [1.54, 1.807) is 0 Å². The van der Waals surface area contributed by atoms with Gasteiger partial charge in [0.2, 0.25) is 0 Å². The normalized spacial score (nSPS) is 11.5. The molecule has 0 bridgehead atoms. The van der Waals surface area contributed by atoms with E-state index < -0.39 is 0 Å². The van der Waals surface area contributed by atoms with Crippen LogP contribution in [0.3, 0.4) is 0 Å². The molecule has 0 unspecified atom stereocenters. The lowest BCUT2D eigenvalue weighted by Crippen LogP contribution is -2.00.